The van der Waals surface area contributed by atoms with Gasteiger partial charge in [-0.2, -0.15) is 0 Å². The van der Waals surface area contributed by atoms with E-state index in [2.05, 4.69) is 215 Å². The van der Waals surface area contributed by atoms with Crippen LogP contribution in [0.4, 0.5) is 17.1 Å². The van der Waals surface area contributed by atoms with Gasteiger partial charge in [0.1, 0.15) is 0 Å². The van der Waals surface area contributed by atoms with E-state index in [0.29, 0.717) is 0 Å². The molecule has 1 saturated heterocycles. The first-order chi connectivity index (χ1) is 34.1. The van der Waals surface area contributed by atoms with Gasteiger partial charge in [0.2, 0.25) is 0 Å². The number of aromatic nitrogens is 1. The number of unbranched alkanes of at least 4 members (excludes halogenated alkanes) is 10. The molecule has 0 spiro atoms. The highest BCUT2D eigenvalue weighted by Gasteiger charge is 2.52. The standard InChI is InChI=1S/C65H73BN2O2/c1-7-9-11-13-15-25-43-65(44-26-16-14-12-10-8-2)59-45-50(66-69-63(3,4)64(5,6)70-66)35-40-55(59)56-41-38-54(47-60(56)65)68-61-32-24-23-31-57(61)58-46-53(39-42-62(58)68)67(51-29-21-18-22-30-51)52-36-33-49(34-37-52)48-27-19-17-20-28-48/h17-24,27-42,45-47H,7-16,25-26,43-44H2,1-6H3. The monoisotopic (exact) mass is 925 g/mol. The van der Waals surface area contributed by atoms with Crippen molar-refractivity contribution in [3.05, 3.63) is 175 Å². The summed E-state index contributed by atoms with van der Waals surface area (Å²) in [7, 11) is -0.399. The molecule has 5 heteroatoms. The van der Waals surface area contributed by atoms with E-state index >= 15 is 0 Å². The van der Waals surface area contributed by atoms with E-state index in [-0.39, 0.29) is 5.41 Å². The highest BCUT2D eigenvalue weighted by molar-refractivity contribution is 6.62. The van der Waals surface area contributed by atoms with Gasteiger partial charge in [0.15, 0.2) is 0 Å². The fourth-order valence-corrected chi connectivity index (χ4v) is 11.7. The van der Waals surface area contributed by atoms with Crippen molar-refractivity contribution in [1.29, 1.82) is 0 Å². The van der Waals surface area contributed by atoms with Gasteiger partial charge < -0.3 is 18.8 Å². The minimum absolute atomic E-state index is 0.117. The molecule has 0 atom stereocenters. The summed E-state index contributed by atoms with van der Waals surface area (Å²) in [6.45, 7) is 13.3. The SMILES string of the molecule is CCCCCCCCC1(CCCCCCCC)c2cc(B3OC(C)(C)C(C)(C)O3)ccc2-c2ccc(-n3c4ccccc4c4cc(N(c5ccccc5)c5ccc(-c6ccccc6)cc5)ccc43)cc21. The van der Waals surface area contributed by atoms with E-state index < -0.39 is 18.3 Å². The molecule has 10 rings (SSSR count). The Balaban J connectivity index is 1.09. The van der Waals surface area contributed by atoms with Gasteiger partial charge in [0, 0.05) is 38.9 Å². The topological polar surface area (TPSA) is 26.6 Å². The maximum atomic E-state index is 6.74. The molecular weight excluding hydrogens is 852 g/mol. The Bertz CT molecular complexity index is 3010. The third-order valence-corrected chi connectivity index (χ3v) is 16.2. The second kappa shape index (κ2) is 20.5. The van der Waals surface area contributed by atoms with Crippen LogP contribution < -0.4 is 10.4 Å². The van der Waals surface area contributed by atoms with Crippen LogP contribution in [0.15, 0.2) is 164 Å². The van der Waals surface area contributed by atoms with Gasteiger partial charge in [-0.3, -0.25) is 0 Å². The smallest absolute Gasteiger partial charge is 0.399 e. The van der Waals surface area contributed by atoms with Crippen molar-refractivity contribution >= 4 is 51.4 Å². The number of benzene rings is 7. The third kappa shape index (κ3) is 9.17. The number of nitrogens with zero attached hydrogens (tertiary/aromatic N) is 2. The van der Waals surface area contributed by atoms with Crippen LogP contribution >= 0.6 is 0 Å². The summed E-state index contributed by atoms with van der Waals surface area (Å²) in [5.41, 5.74) is 15.4. The molecule has 8 aromatic rings. The van der Waals surface area contributed by atoms with Crippen LogP contribution in [-0.4, -0.2) is 22.9 Å². The molecule has 70 heavy (non-hydrogen) atoms. The van der Waals surface area contributed by atoms with Crippen molar-refractivity contribution < 1.29 is 9.31 Å². The van der Waals surface area contributed by atoms with Crippen molar-refractivity contribution in [3.63, 3.8) is 0 Å². The highest BCUT2D eigenvalue weighted by Crippen LogP contribution is 2.55. The van der Waals surface area contributed by atoms with Crippen molar-refractivity contribution in [2.24, 2.45) is 0 Å². The second-order valence-electron chi connectivity index (χ2n) is 21.4. The van der Waals surface area contributed by atoms with Crippen LogP contribution in [-0.2, 0) is 14.7 Å². The summed E-state index contributed by atoms with van der Waals surface area (Å²) in [6, 6.07) is 61.2. The number of para-hydroxylation sites is 2. The Labute approximate surface area is 419 Å². The summed E-state index contributed by atoms with van der Waals surface area (Å²) < 4.78 is 16.0. The molecule has 7 aromatic carbocycles. The summed E-state index contributed by atoms with van der Waals surface area (Å²) in [6.07, 6.45) is 17.7. The fourth-order valence-electron chi connectivity index (χ4n) is 11.7. The molecule has 0 saturated carbocycles. The Hall–Kier alpha value is -5.88. The maximum Gasteiger partial charge on any atom is 0.494 e. The van der Waals surface area contributed by atoms with Crippen molar-refractivity contribution in [3.8, 4) is 27.9 Å². The average molecular weight is 925 g/mol. The lowest BCUT2D eigenvalue weighted by Gasteiger charge is -2.33. The molecule has 4 nitrogen and oxygen atoms in total. The lowest BCUT2D eigenvalue weighted by Crippen LogP contribution is -2.41. The van der Waals surface area contributed by atoms with Crippen LogP contribution in [0.25, 0.3) is 49.7 Å². The minimum atomic E-state index is -0.403. The molecule has 0 bridgehead atoms. The molecule has 1 fully saturated rings. The molecule has 2 aliphatic rings. The average Bonchev–Trinajstić information content (AvgIpc) is 3.94. The first-order valence-corrected chi connectivity index (χ1v) is 26.8. The predicted molar refractivity (Wildman–Crippen MR) is 299 cm³/mol. The molecule has 0 amide bonds. The Kier molecular flexibility index (Phi) is 14.0. The van der Waals surface area contributed by atoms with Crippen molar-refractivity contribution in [2.75, 3.05) is 4.90 Å². The Morgan fingerprint density at radius 1 is 0.443 bits per heavy atom. The zero-order valence-electron chi connectivity index (χ0n) is 42.8. The molecule has 2 heterocycles. The number of hydrogen-bond acceptors (Lipinski definition) is 3. The molecule has 1 aromatic heterocycles. The summed E-state index contributed by atoms with van der Waals surface area (Å²) >= 11 is 0. The molecule has 0 radical (unpaired) electrons. The summed E-state index contributed by atoms with van der Waals surface area (Å²) in [5, 5.41) is 2.50. The lowest BCUT2D eigenvalue weighted by atomic mass is 9.68. The number of fused-ring (bicyclic) bond motifs is 6. The zero-order valence-corrected chi connectivity index (χ0v) is 42.8. The molecule has 1 aliphatic heterocycles. The van der Waals surface area contributed by atoms with Crippen molar-refractivity contribution in [1.82, 2.24) is 4.57 Å². The van der Waals surface area contributed by atoms with E-state index in [9.17, 15) is 0 Å². The molecule has 1 aliphatic carbocycles. The Morgan fingerprint density at radius 2 is 0.957 bits per heavy atom. The van der Waals surface area contributed by atoms with E-state index in [1.807, 2.05) is 0 Å². The van der Waals surface area contributed by atoms with Crippen LogP contribution in [0, 0.1) is 0 Å². The van der Waals surface area contributed by atoms with E-state index in [1.54, 1.807) is 0 Å². The van der Waals surface area contributed by atoms with E-state index in [1.165, 1.54) is 138 Å². The molecule has 0 unspecified atom stereocenters. The fraction of sp³-hybridized carbons (Fsp3) is 0.354. The maximum absolute atomic E-state index is 6.74. The first kappa shape index (κ1) is 47.8. The van der Waals surface area contributed by atoms with E-state index in [0.717, 1.165) is 35.4 Å². The van der Waals surface area contributed by atoms with Crippen LogP contribution in [0.3, 0.4) is 0 Å². The zero-order chi connectivity index (χ0) is 48.3. The number of hydrogen-bond donors (Lipinski definition) is 0. The molecule has 0 N–H and O–H groups in total. The highest BCUT2D eigenvalue weighted by atomic mass is 16.7. The predicted octanol–water partition coefficient (Wildman–Crippen LogP) is 18.0. The van der Waals surface area contributed by atoms with Crippen LogP contribution in [0.5, 0.6) is 0 Å². The third-order valence-electron chi connectivity index (χ3n) is 16.2. The van der Waals surface area contributed by atoms with E-state index in [4.69, 9.17) is 9.31 Å². The molecule has 358 valence electrons. The molecular formula is C65H73BN2O2. The van der Waals surface area contributed by atoms with Gasteiger partial charge >= 0.3 is 7.12 Å². The number of rotatable bonds is 20. The lowest BCUT2D eigenvalue weighted by molar-refractivity contribution is 0.00578. The minimum Gasteiger partial charge on any atom is -0.399 e. The Morgan fingerprint density at radius 3 is 1.61 bits per heavy atom. The van der Waals surface area contributed by atoms with Gasteiger partial charge in [-0.1, -0.05) is 194 Å². The number of anilines is 3. The normalized spacial score (nSPS) is 15.4. The summed E-state index contributed by atoms with van der Waals surface area (Å²) in [4.78, 5) is 2.39. The van der Waals surface area contributed by atoms with Gasteiger partial charge in [-0.05, 0) is 140 Å². The van der Waals surface area contributed by atoms with Crippen LogP contribution in [0.1, 0.15) is 143 Å². The van der Waals surface area contributed by atoms with Crippen LogP contribution in [0.2, 0.25) is 0 Å². The van der Waals surface area contributed by atoms with Gasteiger partial charge in [0.25, 0.3) is 0 Å². The van der Waals surface area contributed by atoms with Gasteiger partial charge in [-0.15, -0.1) is 0 Å². The largest absolute Gasteiger partial charge is 0.494 e. The van der Waals surface area contributed by atoms with Gasteiger partial charge in [-0.25, -0.2) is 0 Å². The summed E-state index contributed by atoms with van der Waals surface area (Å²) in [5.74, 6) is 0. The quantitative estimate of drug-likeness (QED) is 0.0563. The second-order valence-corrected chi connectivity index (χ2v) is 21.4. The van der Waals surface area contributed by atoms with Crippen molar-refractivity contribution in [2.45, 2.75) is 148 Å². The first-order valence-electron chi connectivity index (χ1n) is 26.8. The van der Waals surface area contributed by atoms with Gasteiger partial charge in [0.05, 0.1) is 22.2 Å².